The molecule has 1 aliphatic carbocycles. The van der Waals surface area contributed by atoms with E-state index in [0.717, 1.165) is 24.8 Å². The number of nitrogens with zero attached hydrogens (tertiary/aromatic N) is 1. The molecule has 0 unspecified atom stereocenters. The van der Waals surface area contributed by atoms with Gasteiger partial charge < -0.3 is 10.1 Å². The molecule has 0 bridgehead atoms. The van der Waals surface area contributed by atoms with Crippen LogP contribution >= 0.6 is 0 Å². The van der Waals surface area contributed by atoms with Gasteiger partial charge in [-0.15, -0.1) is 0 Å². The zero-order valence-electron chi connectivity index (χ0n) is 20.4. The number of carbonyl (C=O) groups is 1. The Kier molecular flexibility index (Phi) is 9.10. The molecule has 0 radical (unpaired) electrons. The van der Waals surface area contributed by atoms with Crippen LogP contribution in [0.15, 0.2) is 54.6 Å². The highest BCUT2D eigenvalue weighted by Crippen LogP contribution is 2.39. The molecule has 8 heteroatoms. The van der Waals surface area contributed by atoms with Crippen LogP contribution in [0.5, 0.6) is 5.75 Å². The first kappa shape index (κ1) is 26.2. The quantitative estimate of drug-likeness (QED) is 0.504. The molecule has 1 saturated carbocycles. The Hall–Kier alpha value is -2.42. The van der Waals surface area contributed by atoms with Crippen LogP contribution in [0.3, 0.4) is 0 Å². The summed E-state index contributed by atoms with van der Waals surface area (Å²) in [5.74, 6) is 0.369. The van der Waals surface area contributed by atoms with Gasteiger partial charge in [-0.1, -0.05) is 56.3 Å². The summed E-state index contributed by atoms with van der Waals surface area (Å²) < 4.78 is 35.4. The maximum Gasteiger partial charge on any atom is 0.279 e. The number of nitrogens with one attached hydrogen (secondary N) is 2. The van der Waals surface area contributed by atoms with Crippen molar-refractivity contribution in [3.05, 3.63) is 65.7 Å². The molecule has 0 atom stereocenters. The van der Waals surface area contributed by atoms with E-state index in [4.69, 9.17) is 4.74 Å². The molecule has 186 valence electrons. The molecule has 0 spiro atoms. The van der Waals surface area contributed by atoms with Crippen LogP contribution in [0, 0.1) is 0 Å². The first-order valence-electron chi connectivity index (χ1n) is 12.1. The van der Waals surface area contributed by atoms with Crippen LogP contribution in [-0.2, 0) is 15.6 Å². The number of amides is 1. The molecule has 1 aliphatic rings. The van der Waals surface area contributed by atoms with E-state index in [1.54, 1.807) is 19.2 Å². The van der Waals surface area contributed by atoms with Gasteiger partial charge in [-0.2, -0.15) is 17.4 Å². The molecule has 0 aliphatic heterocycles. The van der Waals surface area contributed by atoms with Crippen molar-refractivity contribution >= 4 is 16.1 Å². The van der Waals surface area contributed by atoms with Crippen LogP contribution in [0.2, 0.25) is 0 Å². The summed E-state index contributed by atoms with van der Waals surface area (Å²) in [5, 5.41) is 3.12. The van der Waals surface area contributed by atoms with Crippen molar-refractivity contribution in [2.75, 3.05) is 26.7 Å². The summed E-state index contributed by atoms with van der Waals surface area (Å²) >= 11 is 0. The van der Waals surface area contributed by atoms with Crippen molar-refractivity contribution in [2.45, 2.75) is 57.4 Å². The van der Waals surface area contributed by atoms with Crippen LogP contribution in [-0.4, -0.2) is 51.4 Å². The predicted molar refractivity (Wildman–Crippen MR) is 135 cm³/mol. The normalized spacial score (nSPS) is 20.8. The molecule has 34 heavy (non-hydrogen) atoms. The first-order valence-corrected chi connectivity index (χ1v) is 13.5. The number of carbonyl (C=O) groups excluding carboxylic acids is 1. The van der Waals surface area contributed by atoms with Gasteiger partial charge in [0.2, 0.25) is 0 Å². The minimum Gasteiger partial charge on any atom is -0.496 e. The number of hydrogen-bond acceptors (Lipinski definition) is 4. The highest BCUT2D eigenvalue weighted by atomic mass is 32.2. The fourth-order valence-corrected chi connectivity index (χ4v) is 6.38. The predicted octanol–water partition coefficient (Wildman–Crippen LogP) is 3.87. The Morgan fingerprint density at radius 1 is 1.06 bits per heavy atom. The lowest BCUT2D eigenvalue weighted by Crippen LogP contribution is -2.50. The fraction of sp³-hybridized carbons (Fsp3) is 0.500. The molecule has 3 rings (SSSR count). The third kappa shape index (κ3) is 6.17. The Balaban J connectivity index is 1.73. The largest absolute Gasteiger partial charge is 0.496 e. The first-order chi connectivity index (χ1) is 16.3. The molecule has 0 heterocycles. The van der Waals surface area contributed by atoms with Crippen molar-refractivity contribution in [3.8, 4) is 5.75 Å². The number of rotatable bonds is 11. The van der Waals surface area contributed by atoms with E-state index in [1.165, 1.54) is 4.31 Å². The minimum atomic E-state index is -3.51. The molecule has 1 fully saturated rings. The van der Waals surface area contributed by atoms with Crippen LogP contribution in [0.4, 0.5) is 0 Å². The van der Waals surface area contributed by atoms with Gasteiger partial charge in [0.15, 0.2) is 0 Å². The van der Waals surface area contributed by atoms with E-state index in [1.807, 2.05) is 44.2 Å². The fourth-order valence-electron chi connectivity index (χ4n) is 4.81. The van der Waals surface area contributed by atoms with E-state index in [9.17, 15) is 13.2 Å². The van der Waals surface area contributed by atoms with Crippen molar-refractivity contribution in [1.82, 2.24) is 14.3 Å². The SMILES string of the molecule is CCCN(CC)S(=O)(=O)N[C@H]1CC[C@](CNC(=O)c2ccccc2OC)(c2ccccc2)CC1. The molecule has 2 aromatic rings. The van der Waals surface area contributed by atoms with E-state index < -0.39 is 10.2 Å². The second kappa shape index (κ2) is 11.8. The number of methoxy groups -OCH3 is 1. The Labute approximate surface area is 204 Å². The monoisotopic (exact) mass is 487 g/mol. The van der Waals surface area contributed by atoms with Crippen LogP contribution < -0.4 is 14.8 Å². The number of hydrogen-bond donors (Lipinski definition) is 2. The van der Waals surface area contributed by atoms with Gasteiger partial charge in [-0.3, -0.25) is 4.79 Å². The van der Waals surface area contributed by atoms with Crippen molar-refractivity contribution in [3.63, 3.8) is 0 Å². The van der Waals surface area contributed by atoms with Crippen molar-refractivity contribution in [1.29, 1.82) is 0 Å². The topological polar surface area (TPSA) is 87.7 Å². The molecule has 2 N–H and O–H groups in total. The highest BCUT2D eigenvalue weighted by molar-refractivity contribution is 7.87. The van der Waals surface area contributed by atoms with Gasteiger partial charge in [-0.05, 0) is 49.8 Å². The maximum atomic E-state index is 13.0. The zero-order chi connectivity index (χ0) is 24.6. The van der Waals surface area contributed by atoms with Crippen LogP contribution in [0.1, 0.15) is 61.9 Å². The Morgan fingerprint density at radius 3 is 2.32 bits per heavy atom. The lowest BCUT2D eigenvalue weighted by atomic mass is 9.68. The third-order valence-corrected chi connectivity index (χ3v) is 8.50. The standard InChI is InChI=1S/C26H37N3O4S/c1-4-19-29(5-2)34(31,32)28-22-15-17-26(18-16-22,21-11-7-6-8-12-21)20-27-25(30)23-13-9-10-14-24(23)33-3/h6-14,22,28H,4-5,15-20H2,1-3H3,(H,27,30)/t22-,26-. The number of para-hydroxylation sites is 1. The number of benzene rings is 2. The summed E-state index contributed by atoms with van der Waals surface area (Å²) in [4.78, 5) is 13.0. The summed E-state index contributed by atoms with van der Waals surface area (Å²) in [6.45, 7) is 5.29. The summed E-state index contributed by atoms with van der Waals surface area (Å²) in [6.07, 6.45) is 3.75. The zero-order valence-corrected chi connectivity index (χ0v) is 21.2. The van der Waals surface area contributed by atoms with Crippen molar-refractivity contribution < 1.29 is 17.9 Å². The highest BCUT2D eigenvalue weighted by Gasteiger charge is 2.38. The van der Waals surface area contributed by atoms with Gasteiger partial charge in [0.25, 0.3) is 16.1 Å². The molecule has 1 amide bonds. The van der Waals surface area contributed by atoms with E-state index in [-0.39, 0.29) is 17.4 Å². The average molecular weight is 488 g/mol. The molecule has 0 aromatic heterocycles. The van der Waals surface area contributed by atoms with Gasteiger partial charge in [0.1, 0.15) is 5.75 Å². The van der Waals surface area contributed by atoms with Gasteiger partial charge in [-0.25, -0.2) is 0 Å². The molecule has 7 nitrogen and oxygen atoms in total. The summed E-state index contributed by atoms with van der Waals surface area (Å²) in [6, 6.07) is 17.3. The van der Waals surface area contributed by atoms with Gasteiger partial charge >= 0.3 is 0 Å². The summed E-state index contributed by atoms with van der Waals surface area (Å²) in [7, 11) is -1.95. The lowest BCUT2D eigenvalue weighted by Gasteiger charge is -2.41. The van der Waals surface area contributed by atoms with E-state index in [2.05, 4.69) is 22.2 Å². The molecular formula is C26H37N3O4S. The number of ether oxygens (including phenoxy) is 1. The summed E-state index contributed by atoms with van der Waals surface area (Å²) in [5.41, 5.74) is 1.41. The Bertz CT molecular complexity index is 1040. The second-order valence-corrected chi connectivity index (χ2v) is 10.6. The minimum absolute atomic E-state index is 0.113. The van der Waals surface area contributed by atoms with Gasteiger partial charge in [0, 0.05) is 31.1 Å². The third-order valence-electron chi connectivity index (χ3n) is 6.75. The Morgan fingerprint density at radius 2 is 1.71 bits per heavy atom. The molecular weight excluding hydrogens is 450 g/mol. The molecule has 2 aromatic carbocycles. The average Bonchev–Trinajstić information content (AvgIpc) is 2.87. The van der Waals surface area contributed by atoms with E-state index in [0.29, 0.717) is 43.8 Å². The smallest absolute Gasteiger partial charge is 0.279 e. The van der Waals surface area contributed by atoms with Crippen LogP contribution in [0.25, 0.3) is 0 Å². The second-order valence-electron chi connectivity index (χ2n) is 8.92. The van der Waals surface area contributed by atoms with E-state index >= 15 is 0 Å². The molecule has 0 saturated heterocycles. The van der Waals surface area contributed by atoms with Gasteiger partial charge in [0.05, 0.1) is 12.7 Å². The van der Waals surface area contributed by atoms with Crippen molar-refractivity contribution in [2.24, 2.45) is 0 Å². The maximum absolute atomic E-state index is 13.0. The lowest BCUT2D eigenvalue weighted by molar-refractivity contribution is 0.0932.